The highest BCUT2D eigenvalue weighted by Gasteiger charge is 2.26. The van der Waals surface area contributed by atoms with Crippen LogP contribution in [-0.2, 0) is 13.0 Å². The number of hydrogen-bond donors (Lipinski definition) is 0. The molecule has 0 amide bonds. The van der Waals surface area contributed by atoms with E-state index >= 15 is 4.39 Å². The highest BCUT2D eigenvalue weighted by Crippen LogP contribution is 2.39. The Hall–Kier alpha value is -2.75. The quantitative estimate of drug-likeness (QED) is 0.322. The minimum Gasteiger partial charge on any atom is -0.489 e. The van der Waals surface area contributed by atoms with E-state index in [0.29, 0.717) is 34.8 Å². The van der Waals surface area contributed by atoms with Crippen molar-refractivity contribution >= 4 is 0 Å². The lowest BCUT2D eigenvalue weighted by molar-refractivity contribution is 0.304. The lowest BCUT2D eigenvalue weighted by Crippen LogP contribution is -2.14. The Balaban J connectivity index is 1.42. The molecule has 0 aliphatic heterocycles. The average molecular weight is 467 g/mol. The Kier molecular flexibility index (Phi) is 7.97. The molecule has 0 heterocycles. The van der Waals surface area contributed by atoms with Crippen LogP contribution in [0.4, 0.5) is 13.2 Å². The van der Waals surface area contributed by atoms with E-state index in [9.17, 15) is 8.78 Å². The van der Waals surface area contributed by atoms with Gasteiger partial charge in [0.15, 0.2) is 11.6 Å². The van der Waals surface area contributed by atoms with Gasteiger partial charge in [0.05, 0.1) is 0 Å². The molecule has 180 valence electrons. The molecule has 34 heavy (non-hydrogen) atoms. The topological polar surface area (TPSA) is 9.23 Å². The van der Waals surface area contributed by atoms with E-state index in [-0.39, 0.29) is 23.9 Å². The molecule has 0 N–H and O–H groups in total. The second kappa shape index (κ2) is 11.1. The first kappa shape index (κ1) is 24.4. The van der Waals surface area contributed by atoms with Gasteiger partial charge in [-0.2, -0.15) is 0 Å². The summed E-state index contributed by atoms with van der Waals surface area (Å²) in [6.45, 7) is 4.48. The lowest BCUT2D eigenvalue weighted by Gasteiger charge is -2.28. The first-order valence-corrected chi connectivity index (χ1v) is 12.5. The molecule has 1 nitrogen and oxygen atoms in total. The van der Waals surface area contributed by atoms with E-state index in [2.05, 4.69) is 6.92 Å². The van der Waals surface area contributed by atoms with Crippen LogP contribution < -0.4 is 4.74 Å². The van der Waals surface area contributed by atoms with Gasteiger partial charge in [0, 0.05) is 11.6 Å². The third-order valence-corrected chi connectivity index (χ3v) is 7.19. The standard InChI is InChI=1S/C30H33F3O/c1-3-5-24-14-15-25(18-28(24)31)34-19-21-8-12-23(13-9-21)27-17-16-26(29(32)30(27)33)22-10-6-20(4-2)7-11-22/h8-9,12-18,20,22H,3-7,10-11,19H2,1-2H3. The molecular formula is C30H33F3O. The summed E-state index contributed by atoms with van der Waals surface area (Å²) in [6, 6.07) is 15.6. The molecule has 0 aromatic heterocycles. The lowest BCUT2D eigenvalue weighted by atomic mass is 9.77. The number of ether oxygens (including phenoxy) is 1. The van der Waals surface area contributed by atoms with Crippen molar-refractivity contribution in [2.24, 2.45) is 5.92 Å². The Morgan fingerprint density at radius 3 is 2.21 bits per heavy atom. The molecule has 0 atom stereocenters. The second-order valence-corrected chi connectivity index (χ2v) is 9.45. The van der Waals surface area contributed by atoms with E-state index in [1.54, 1.807) is 36.4 Å². The SMILES string of the molecule is CCCc1ccc(OCc2ccc(-c3ccc(C4CCC(CC)CC4)c(F)c3F)cc2)cc1F. The summed E-state index contributed by atoms with van der Waals surface area (Å²) >= 11 is 0. The van der Waals surface area contributed by atoms with E-state index in [4.69, 9.17) is 4.74 Å². The molecule has 1 saturated carbocycles. The zero-order valence-electron chi connectivity index (χ0n) is 20.0. The maximum Gasteiger partial charge on any atom is 0.166 e. The van der Waals surface area contributed by atoms with E-state index < -0.39 is 11.6 Å². The van der Waals surface area contributed by atoms with Crippen molar-refractivity contribution in [2.75, 3.05) is 0 Å². The summed E-state index contributed by atoms with van der Waals surface area (Å²) < 4.78 is 49.8. The number of rotatable bonds is 8. The third-order valence-electron chi connectivity index (χ3n) is 7.19. The second-order valence-electron chi connectivity index (χ2n) is 9.45. The molecule has 3 aromatic carbocycles. The Bertz CT molecular complexity index is 1100. The van der Waals surface area contributed by atoms with Crippen molar-refractivity contribution in [3.05, 3.63) is 88.7 Å². The Morgan fingerprint density at radius 2 is 1.56 bits per heavy atom. The van der Waals surface area contributed by atoms with Crippen LogP contribution in [0.5, 0.6) is 5.75 Å². The maximum absolute atomic E-state index is 15.0. The summed E-state index contributed by atoms with van der Waals surface area (Å²) in [5.41, 5.74) is 2.96. The van der Waals surface area contributed by atoms with Crippen molar-refractivity contribution in [2.45, 2.75) is 71.3 Å². The van der Waals surface area contributed by atoms with Gasteiger partial charge in [0.2, 0.25) is 0 Å². The third kappa shape index (κ3) is 5.48. The van der Waals surface area contributed by atoms with Crippen LogP contribution in [0.2, 0.25) is 0 Å². The fraction of sp³-hybridized carbons (Fsp3) is 0.400. The Morgan fingerprint density at radius 1 is 0.824 bits per heavy atom. The highest BCUT2D eigenvalue weighted by molar-refractivity contribution is 5.65. The van der Waals surface area contributed by atoms with Crippen molar-refractivity contribution < 1.29 is 17.9 Å². The molecule has 1 aliphatic carbocycles. The molecule has 0 unspecified atom stereocenters. The number of halogens is 3. The van der Waals surface area contributed by atoms with Gasteiger partial charge in [0.1, 0.15) is 18.2 Å². The van der Waals surface area contributed by atoms with Gasteiger partial charge in [-0.15, -0.1) is 0 Å². The molecule has 1 aliphatic rings. The van der Waals surface area contributed by atoms with E-state index in [0.717, 1.165) is 44.1 Å². The van der Waals surface area contributed by atoms with Crippen molar-refractivity contribution in [3.8, 4) is 16.9 Å². The molecular weight excluding hydrogens is 433 g/mol. The number of benzene rings is 3. The van der Waals surface area contributed by atoms with Crippen molar-refractivity contribution in [1.29, 1.82) is 0 Å². The molecule has 0 saturated heterocycles. The van der Waals surface area contributed by atoms with Gasteiger partial charge in [0.25, 0.3) is 0 Å². The predicted octanol–water partition coefficient (Wildman–Crippen LogP) is 8.99. The molecule has 3 aromatic rings. The normalized spacial score (nSPS) is 18.1. The van der Waals surface area contributed by atoms with Gasteiger partial charge in [-0.25, -0.2) is 13.2 Å². The molecule has 0 spiro atoms. The van der Waals surface area contributed by atoms with E-state index in [1.165, 1.54) is 6.07 Å². The summed E-state index contributed by atoms with van der Waals surface area (Å²) in [6.07, 6.45) is 6.77. The zero-order valence-corrected chi connectivity index (χ0v) is 20.0. The van der Waals surface area contributed by atoms with Crippen LogP contribution in [0, 0.1) is 23.4 Å². The van der Waals surface area contributed by atoms with Gasteiger partial charge in [-0.3, -0.25) is 0 Å². The molecule has 4 heteroatoms. The van der Waals surface area contributed by atoms with Gasteiger partial charge in [-0.1, -0.05) is 69.2 Å². The highest BCUT2D eigenvalue weighted by atomic mass is 19.2. The van der Waals surface area contributed by atoms with Crippen LogP contribution in [0.15, 0.2) is 54.6 Å². The summed E-state index contributed by atoms with van der Waals surface area (Å²) in [5, 5.41) is 0. The summed E-state index contributed by atoms with van der Waals surface area (Å²) in [5.74, 6) is -0.454. The van der Waals surface area contributed by atoms with Crippen LogP contribution in [0.1, 0.15) is 75.0 Å². The molecule has 4 rings (SSSR count). The van der Waals surface area contributed by atoms with Gasteiger partial charge in [-0.05, 0) is 72.3 Å². The molecule has 0 bridgehead atoms. The minimum atomic E-state index is -0.776. The number of hydrogen-bond acceptors (Lipinski definition) is 1. The van der Waals surface area contributed by atoms with Crippen molar-refractivity contribution in [1.82, 2.24) is 0 Å². The molecule has 1 fully saturated rings. The fourth-order valence-corrected chi connectivity index (χ4v) is 5.02. The van der Waals surface area contributed by atoms with E-state index in [1.807, 2.05) is 19.1 Å². The van der Waals surface area contributed by atoms with Crippen LogP contribution >= 0.6 is 0 Å². The van der Waals surface area contributed by atoms with Crippen molar-refractivity contribution in [3.63, 3.8) is 0 Å². The smallest absolute Gasteiger partial charge is 0.166 e. The first-order chi connectivity index (χ1) is 16.5. The monoisotopic (exact) mass is 466 g/mol. The first-order valence-electron chi connectivity index (χ1n) is 12.5. The average Bonchev–Trinajstić information content (AvgIpc) is 2.86. The fourth-order valence-electron chi connectivity index (χ4n) is 5.02. The van der Waals surface area contributed by atoms with Gasteiger partial charge < -0.3 is 4.74 Å². The number of aryl methyl sites for hydroxylation is 1. The maximum atomic E-state index is 15.0. The Labute approximate surface area is 201 Å². The summed E-state index contributed by atoms with van der Waals surface area (Å²) in [4.78, 5) is 0. The van der Waals surface area contributed by atoms with Crippen LogP contribution in [0.3, 0.4) is 0 Å². The predicted molar refractivity (Wildman–Crippen MR) is 132 cm³/mol. The molecule has 0 radical (unpaired) electrons. The van der Waals surface area contributed by atoms with Crippen LogP contribution in [0.25, 0.3) is 11.1 Å². The zero-order chi connectivity index (χ0) is 24.1. The summed E-state index contributed by atoms with van der Waals surface area (Å²) in [7, 11) is 0. The minimum absolute atomic E-state index is 0.103. The van der Waals surface area contributed by atoms with Crippen LogP contribution in [-0.4, -0.2) is 0 Å². The largest absolute Gasteiger partial charge is 0.489 e. The van der Waals surface area contributed by atoms with Gasteiger partial charge >= 0.3 is 0 Å².